The Balaban J connectivity index is 2.09. The fraction of sp³-hybridized carbons (Fsp3) is 0.0714. The number of quaternary nitrogens is 1. The molecule has 1 unspecified atom stereocenters. The maximum absolute atomic E-state index is 12.7. The van der Waals surface area contributed by atoms with Crippen LogP contribution in [-0.4, -0.2) is 5.91 Å². The largest absolute Gasteiger partial charge is 0.619 e. The Bertz CT molecular complexity index is 624. The monoisotopic (exact) mass is 259 g/mol. The molecular weight excluding hydrogens is 250 g/mol. The minimum atomic E-state index is -0.962. The van der Waals surface area contributed by atoms with E-state index in [-0.39, 0.29) is 6.54 Å². The predicted molar refractivity (Wildman–Crippen MR) is 71.1 cm³/mol. The van der Waals surface area contributed by atoms with Gasteiger partial charge in [0.25, 0.3) is 0 Å². The summed E-state index contributed by atoms with van der Waals surface area (Å²) in [6, 6.07) is 13.6. The Hall–Kier alpha value is -1.68. The van der Waals surface area contributed by atoms with Crippen LogP contribution < -0.4 is 4.65 Å². The van der Waals surface area contributed by atoms with Crippen LogP contribution in [0.2, 0.25) is 5.02 Å². The molecule has 90 valence electrons. The van der Waals surface area contributed by atoms with E-state index in [2.05, 4.69) is 0 Å². The molecule has 0 aromatic heterocycles. The van der Waals surface area contributed by atoms with Gasteiger partial charge in [-0.15, -0.1) is 0 Å². The van der Waals surface area contributed by atoms with Crippen LogP contribution in [0.25, 0.3) is 0 Å². The molecule has 0 aliphatic carbocycles. The van der Waals surface area contributed by atoms with E-state index in [0.717, 1.165) is 5.56 Å². The molecule has 1 aliphatic rings. The van der Waals surface area contributed by atoms with Gasteiger partial charge in [0.2, 0.25) is 0 Å². The van der Waals surface area contributed by atoms with Gasteiger partial charge in [-0.2, -0.15) is 0 Å². The summed E-state index contributed by atoms with van der Waals surface area (Å²) >= 11 is 5.80. The van der Waals surface area contributed by atoms with Gasteiger partial charge in [-0.25, -0.2) is 4.79 Å². The van der Waals surface area contributed by atoms with Crippen molar-refractivity contribution in [3.8, 4) is 0 Å². The fourth-order valence-corrected chi connectivity index (χ4v) is 2.39. The molecule has 3 rings (SSSR count). The molecule has 2 aromatic carbocycles. The number of amides is 1. The molecule has 2 aromatic rings. The zero-order valence-electron chi connectivity index (χ0n) is 9.47. The lowest BCUT2D eigenvalue weighted by atomic mass is 10.1. The first-order valence-electron chi connectivity index (χ1n) is 5.59. The molecule has 0 radical (unpaired) electrons. The Morgan fingerprint density at radius 2 is 1.72 bits per heavy atom. The SMILES string of the molecule is O=C1c2ccccc2C[N+]1([O-])c1ccc(Cl)cc1. The number of hydrogen-bond acceptors (Lipinski definition) is 2. The summed E-state index contributed by atoms with van der Waals surface area (Å²) in [6.07, 6.45) is 0. The Kier molecular flexibility index (Phi) is 2.48. The molecule has 1 heterocycles. The number of carbonyl (C=O) groups excluding carboxylic acids is 1. The van der Waals surface area contributed by atoms with E-state index in [4.69, 9.17) is 11.6 Å². The van der Waals surface area contributed by atoms with Gasteiger partial charge in [0.05, 0.1) is 5.56 Å². The summed E-state index contributed by atoms with van der Waals surface area (Å²) in [7, 11) is 0. The lowest BCUT2D eigenvalue weighted by Crippen LogP contribution is -2.43. The molecule has 0 N–H and O–H groups in total. The van der Waals surface area contributed by atoms with Gasteiger partial charge in [0.15, 0.2) is 0 Å². The Morgan fingerprint density at radius 3 is 2.39 bits per heavy atom. The molecular formula is C14H10ClNO2. The number of rotatable bonds is 1. The molecule has 0 saturated carbocycles. The highest BCUT2D eigenvalue weighted by atomic mass is 35.5. The fourth-order valence-electron chi connectivity index (χ4n) is 2.26. The van der Waals surface area contributed by atoms with Crippen molar-refractivity contribution in [1.82, 2.24) is 4.65 Å². The second-order valence-electron chi connectivity index (χ2n) is 4.34. The molecule has 18 heavy (non-hydrogen) atoms. The minimum absolute atomic E-state index is 0.149. The first-order valence-corrected chi connectivity index (χ1v) is 5.97. The van der Waals surface area contributed by atoms with Crippen LogP contribution >= 0.6 is 11.6 Å². The number of halogens is 1. The quantitative estimate of drug-likeness (QED) is 0.581. The molecule has 1 atom stereocenters. The van der Waals surface area contributed by atoms with E-state index in [9.17, 15) is 10.0 Å². The predicted octanol–water partition coefficient (Wildman–Crippen LogP) is 3.50. The van der Waals surface area contributed by atoms with E-state index >= 15 is 0 Å². The van der Waals surface area contributed by atoms with Crippen molar-refractivity contribution in [3.05, 3.63) is 69.9 Å². The summed E-state index contributed by atoms with van der Waals surface area (Å²) in [5.74, 6) is -0.409. The van der Waals surface area contributed by atoms with Crippen LogP contribution in [0.4, 0.5) is 5.69 Å². The van der Waals surface area contributed by atoms with Crippen LogP contribution in [0.3, 0.4) is 0 Å². The second kappa shape index (κ2) is 3.92. The summed E-state index contributed by atoms with van der Waals surface area (Å²) in [5.41, 5.74) is 1.73. The van der Waals surface area contributed by atoms with Crippen LogP contribution in [0.5, 0.6) is 0 Å². The molecule has 4 heteroatoms. The molecule has 1 amide bonds. The van der Waals surface area contributed by atoms with E-state index in [1.54, 1.807) is 36.4 Å². The number of hydrogen-bond donors (Lipinski definition) is 0. The lowest BCUT2D eigenvalue weighted by molar-refractivity contribution is 0.0846. The summed E-state index contributed by atoms with van der Waals surface area (Å²) in [5, 5.41) is 13.3. The highest BCUT2D eigenvalue weighted by molar-refractivity contribution is 6.30. The molecule has 0 bridgehead atoms. The molecule has 0 spiro atoms. The van der Waals surface area contributed by atoms with Crippen molar-refractivity contribution >= 4 is 23.2 Å². The van der Waals surface area contributed by atoms with Crippen molar-refractivity contribution in [2.75, 3.05) is 0 Å². The number of nitrogens with zero attached hydrogens (tertiary/aromatic N) is 1. The van der Waals surface area contributed by atoms with Crippen LogP contribution in [0.15, 0.2) is 48.5 Å². The third-order valence-electron chi connectivity index (χ3n) is 3.21. The third kappa shape index (κ3) is 1.56. The standard InChI is InChI=1S/C14H10ClNO2/c15-11-5-7-12(8-6-11)16(18)9-10-3-1-2-4-13(10)14(16)17/h1-8H,9H2. The lowest BCUT2D eigenvalue weighted by Gasteiger charge is -2.34. The zero-order chi connectivity index (χ0) is 12.8. The normalized spacial score (nSPS) is 22.0. The first kappa shape index (κ1) is 11.4. The van der Waals surface area contributed by atoms with Crippen LogP contribution in [-0.2, 0) is 6.54 Å². The van der Waals surface area contributed by atoms with Crippen LogP contribution in [0, 0.1) is 5.21 Å². The average Bonchev–Trinajstić information content (AvgIpc) is 2.64. The maximum atomic E-state index is 12.7. The number of hydroxylamine groups is 2. The third-order valence-corrected chi connectivity index (χ3v) is 3.46. The summed E-state index contributed by atoms with van der Waals surface area (Å²) in [4.78, 5) is 12.2. The second-order valence-corrected chi connectivity index (χ2v) is 4.77. The number of fused-ring (bicyclic) bond motifs is 1. The van der Waals surface area contributed by atoms with Gasteiger partial charge in [-0.3, -0.25) is 4.65 Å². The van der Waals surface area contributed by atoms with E-state index in [1.165, 1.54) is 0 Å². The zero-order valence-corrected chi connectivity index (χ0v) is 10.2. The van der Waals surface area contributed by atoms with Gasteiger partial charge in [-0.1, -0.05) is 29.8 Å². The molecule has 0 fully saturated rings. The average molecular weight is 260 g/mol. The van der Waals surface area contributed by atoms with Crippen molar-refractivity contribution in [3.63, 3.8) is 0 Å². The van der Waals surface area contributed by atoms with Gasteiger partial charge in [0, 0.05) is 22.7 Å². The van der Waals surface area contributed by atoms with Gasteiger partial charge >= 0.3 is 5.91 Å². The maximum Gasteiger partial charge on any atom is 0.351 e. The van der Waals surface area contributed by atoms with Gasteiger partial charge in [-0.05, 0) is 18.2 Å². The Morgan fingerprint density at radius 1 is 1.06 bits per heavy atom. The molecule has 1 aliphatic heterocycles. The van der Waals surface area contributed by atoms with Crippen molar-refractivity contribution in [1.29, 1.82) is 0 Å². The highest BCUT2D eigenvalue weighted by Gasteiger charge is 2.40. The van der Waals surface area contributed by atoms with Crippen LogP contribution in [0.1, 0.15) is 15.9 Å². The van der Waals surface area contributed by atoms with Crippen molar-refractivity contribution < 1.29 is 4.79 Å². The van der Waals surface area contributed by atoms with E-state index < -0.39 is 10.6 Å². The number of benzene rings is 2. The topological polar surface area (TPSA) is 40.1 Å². The van der Waals surface area contributed by atoms with Crippen molar-refractivity contribution in [2.45, 2.75) is 6.54 Å². The highest BCUT2D eigenvalue weighted by Crippen LogP contribution is 2.35. The first-order chi connectivity index (χ1) is 8.61. The number of carbonyl (C=O) groups is 1. The summed E-state index contributed by atoms with van der Waals surface area (Å²) < 4.78 is -0.962. The van der Waals surface area contributed by atoms with Crippen molar-refractivity contribution in [2.24, 2.45) is 0 Å². The van der Waals surface area contributed by atoms with Gasteiger partial charge in [0.1, 0.15) is 12.2 Å². The van der Waals surface area contributed by atoms with E-state index in [0.29, 0.717) is 16.3 Å². The van der Waals surface area contributed by atoms with Gasteiger partial charge < -0.3 is 5.21 Å². The van der Waals surface area contributed by atoms with E-state index in [1.807, 2.05) is 12.1 Å². The molecule has 3 nitrogen and oxygen atoms in total. The smallest absolute Gasteiger partial charge is 0.351 e. The molecule has 0 saturated heterocycles. The summed E-state index contributed by atoms with van der Waals surface area (Å²) in [6.45, 7) is 0.149. The Labute approximate surface area is 109 Å². The minimum Gasteiger partial charge on any atom is -0.619 e.